The molecule has 0 aliphatic heterocycles. The number of anilines is 1. The van der Waals surface area contributed by atoms with Crippen molar-refractivity contribution in [2.24, 2.45) is 5.92 Å². The summed E-state index contributed by atoms with van der Waals surface area (Å²) in [5, 5.41) is 8.18. The molecule has 2 N–H and O–H groups in total. The second kappa shape index (κ2) is 7.30. The number of carbonyl (C=O) groups is 1. The van der Waals surface area contributed by atoms with Gasteiger partial charge in [0, 0.05) is 11.9 Å². The minimum atomic E-state index is -0.104. The van der Waals surface area contributed by atoms with Crippen molar-refractivity contribution < 1.29 is 4.79 Å². The molecule has 0 saturated heterocycles. The van der Waals surface area contributed by atoms with Crippen LogP contribution < -0.4 is 10.6 Å². The molecule has 0 heterocycles. The van der Waals surface area contributed by atoms with E-state index in [1.165, 1.54) is 32.1 Å². The van der Waals surface area contributed by atoms with Gasteiger partial charge in [-0.1, -0.05) is 68.5 Å². The van der Waals surface area contributed by atoms with Crippen molar-refractivity contribution in [3.8, 4) is 0 Å². The van der Waals surface area contributed by atoms with Gasteiger partial charge in [-0.2, -0.15) is 0 Å². The minimum Gasteiger partial charge on any atom is -0.338 e. The zero-order chi connectivity index (χ0) is 15.2. The maximum Gasteiger partial charge on any atom is 0.319 e. The van der Waals surface area contributed by atoms with Gasteiger partial charge in [-0.15, -0.1) is 0 Å². The highest BCUT2D eigenvalue weighted by molar-refractivity contribution is 6.01. The van der Waals surface area contributed by atoms with Crippen molar-refractivity contribution in [2.45, 2.75) is 38.5 Å². The third-order valence-corrected chi connectivity index (χ3v) is 4.60. The molecular formula is C19H24N2O. The fourth-order valence-corrected chi connectivity index (χ4v) is 3.37. The smallest absolute Gasteiger partial charge is 0.319 e. The first-order valence-corrected chi connectivity index (χ1v) is 8.35. The minimum absolute atomic E-state index is 0.104. The van der Waals surface area contributed by atoms with E-state index >= 15 is 0 Å². The SMILES string of the molecule is O=C(NCCC1CCCCC1)Nc1cccc2ccccc12. The van der Waals surface area contributed by atoms with Crippen LogP contribution in [-0.2, 0) is 0 Å². The molecule has 2 aromatic rings. The summed E-state index contributed by atoms with van der Waals surface area (Å²) in [4.78, 5) is 12.1. The lowest BCUT2D eigenvalue weighted by Gasteiger charge is -2.21. The van der Waals surface area contributed by atoms with Crippen LogP contribution in [0.5, 0.6) is 0 Å². The average molecular weight is 296 g/mol. The molecule has 22 heavy (non-hydrogen) atoms. The number of hydrogen-bond acceptors (Lipinski definition) is 1. The van der Waals surface area contributed by atoms with Crippen molar-refractivity contribution in [1.29, 1.82) is 0 Å². The van der Waals surface area contributed by atoms with E-state index < -0.39 is 0 Å². The standard InChI is InChI=1S/C19H24N2O/c22-19(20-14-13-15-7-2-1-3-8-15)21-18-12-6-10-16-9-4-5-11-17(16)18/h4-6,9-12,15H,1-3,7-8,13-14H2,(H2,20,21,22). The topological polar surface area (TPSA) is 41.1 Å². The van der Waals surface area contributed by atoms with Crippen LogP contribution in [0.1, 0.15) is 38.5 Å². The Bertz CT molecular complexity index is 627. The van der Waals surface area contributed by atoms with Gasteiger partial charge >= 0.3 is 6.03 Å². The second-order valence-electron chi connectivity index (χ2n) is 6.20. The molecule has 116 valence electrons. The molecule has 0 unspecified atom stereocenters. The number of carbonyl (C=O) groups excluding carboxylic acids is 1. The summed E-state index contributed by atoms with van der Waals surface area (Å²) < 4.78 is 0. The summed E-state index contributed by atoms with van der Waals surface area (Å²) in [6, 6.07) is 14.0. The Hall–Kier alpha value is -2.03. The first kappa shape index (κ1) is 14.9. The molecule has 0 atom stereocenters. The van der Waals surface area contributed by atoms with Gasteiger partial charge in [-0.05, 0) is 23.8 Å². The molecule has 1 fully saturated rings. The number of benzene rings is 2. The third-order valence-electron chi connectivity index (χ3n) is 4.60. The van der Waals surface area contributed by atoms with Crippen LogP contribution in [0.3, 0.4) is 0 Å². The molecule has 1 saturated carbocycles. The molecule has 3 heteroatoms. The number of hydrogen-bond donors (Lipinski definition) is 2. The molecule has 1 aliphatic carbocycles. The van der Waals surface area contributed by atoms with Crippen molar-refractivity contribution >= 4 is 22.5 Å². The molecule has 0 radical (unpaired) electrons. The third kappa shape index (κ3) is 3.79. The van der Waals surface area contributed by atoms with Crippen LogP contribution in [0, 0.1) is 5.92 Å². The lowest BCUT2D eigenvalue weighted by atomic mass is 9.87. The second-order valence-corrected chi connectivity index (χ2v) is 6.20. The van der Waals surface area contributed by atoms with Crippen molar-refractivity contribution in [2.75, 3.05) is 11.9 Å². The molecule has 0 spiro atoms. The lowest BCUT2D eigenvalue weighted by molar-refractivity contribution is 0.250. The van der Waals surface area contributed by atoms with Gasteiger partial charge in [-0.3, -0.25) is 0 Å². The molecule has 0 bridgehead atoms. The molecule has 3 rings (SSSR count). The number of amides is 2. The van der Waals surface area contributed by atoms with Crippen LogP contribution >= 0.6 is 0 Å². The maximum atomic E-state index is 12.1. The maximum absolute atomic E-state index is 12.1. The number of fused-ring (bicyclic) bond motifs is 1. The molecule has 2 aromatic carbocycles. The summed E-state index contributed by atoms with van der Waals surface area (Å²) >= 11 is 0. The Kier molecular flexibility index (Phi) is 4.94. The first-order chi connectivity index (χ1) is 10.8. The van der Waals surface area contributed by atoms with E-state index in [1.807, 2.05) is 30.3 Å². The van der Waals surface area contributed by atoms with E-state index in [1.54, 1.807) is 0 Å². The number of rotatable bonds is 4. The largest absolute Gasteiger partial charge is 0.338 e. The number of urea groups is 1. The van der Waals surface area contributed by atoms with Gasteiger partial charge < -0.3 is 10.6 Å². The fourth-order valence-electron chi connectivity index (χ4n) is 3.37. The fraction of sp³-hybridized carbons (Fsp3) is 0.421. The highest BCUT2D eigenvalue weighted by atomic mass is 16.2. The lowest BCUT2D eigenvalue weighted by Crippen LogP contribution is -2.30. The van der Waals surface area contributed by atoms with E-state index in [-0.39, 0.29) is 6.03 Å². The van der Waals surface area contributed by atoms with E-state index in [9.17, 15) is 4.79 Å². The van der Waals surface area contributed by atoms with Crippen molar-refractivity contribution in [3.63, 3.8) is 0 Å². The molecule has 2 amide bonds. The number of nitrogens with one attached hydrogen (secondary N) is 2. The summed E-state index contributed by atoms with van der Waals surface area (Å²) in [5.41, 5.74) is 0.869. The van der Waals surface area contributed by atoms with Gasteiger partial charge in [0.2, 0.25) is 0 Å². The average Bonchev–Trinajstić information content (AvgIpc) is 2.56. The zero-order valence-electron chi connectivity index (χ0n) is 13.0. The Labute approximate surface area is 132 Å². The van der Waals surface area contributed by atoms with Gasteiger partial charge in [0.1, 0.15) is 0 Å². The van der Waals surface area contributed by atoms with Crippen molar-refractivity contribution in [1.82, 2.24) is 5.32 Å². The molecule has 3 nitrogen and oxygen atoms in total. The van der Waals surface area contributed by atoms with E-state index in [4.69, 9.17) is 0 Å². The predicted molar refractivity (Wildman–Crippen MR) is 92.2 cm³/mol. The van der Waals surface area contributed by atoms with Crippen LogP contribution in [0.15, 0.2) is 42.5 Å². The molecule has 1 aliphatic rings. The highest BCUT2D eigenvalue weighted by Gasteiger charge is 2.13. The van der Waals surface area contributed by atoms with E-state index in [0.717, 1.165) is 35.3 Å². The Balaban J connectivity index is 1.52. The summed E-state index contributed by atoms with van der Waals surface area (Å²) in [7, 11) is 0. The van der Waals surface area contributed by atoms with Gasteiger partial charge in [0.05, 0.1) is 5.69 Å². The van der Waals surface area contributed by atoms with Gasteiger partial charge in [0.15, 0.2) is 0 Å². The Morgan fingerprint density at radius 3 is 2.64 bits per heavy atom. The Morgan fingerprint density at radius 2 is 1.77 bits per heavy atom. The van der Waals surface area contributed by atoms with Crippen LogP contribution in [0.25, 0.3) is 10.8 Å². The molecular weight excluding hydrogens is 272 g/mol. The van der Waals surface area contributed by atoms with E-state index in [0.29, 0.717) is 0 Å². The predicted octanol–water partition coefficient (Wildman–Crippen LogP) is 4.93. The van der Waals surface area contributed by atoms with Gasteiger partial charge in [0.25, 0.3) is 0 Å². The van der Waals surface area contributed by atoms with Gasteiger partial charge in [-0.25, -0.2) is 4.79 Å². The van der Waals surface area contributed by atoms with Crippen molar-refractivity contribution in [3.05, 3.63) is 42.5 Å². The van der Waals surface area contributed by atoms with E-state index in [2.05, 4.69) is 22.8 Å². The van der Waals surface area contributed by atoms with Crippen LogP contribution in [-0.4, -0.2) is 12.6 Å². The monoisotopic (exact) mass is 296 g/mol. The Morgan fingerprint density at radius 1 is 1.00 bits per heavy atom. The summed E-state index contributed by atoms with van der Waals surface area (Å²) in [6.45, 7) is 0.765. The first-order valence-electron chi connectivity index (χ1n) is 8.35. The normalized spacial score (nSPS) is 15.6. The quantitative estimate of drug-likeness (QED) is 0.825. The molecule has 0 aromatic heterocycles. The highest BCUT2D eigenvalue weighted by Crippen LogP contribution is 2.26. The van der Waals surface area contributed by atoms with Crippen LogP contribution in [0.4, 0.5) is 10.5 Å². The zero-order valence-corrected chi connectivity index (χ0v) is 13.0. The summed E-state index contributed by atoms with van der Waals surface area (Å²) in [5.74, 6) is 0.798. The van der Waals surface area contributed by atoms with Crippen LogP contribution in [0.2, 0.25) is 0 Å². The summed E-state index contributed by atoms with van der Waals surface area (Å²) in [6.07, 6.45) is 7.84.